The molecule has 3 aromatic rings. The molecule has 1 unspecified atom stereocenters. The van der Waals surface area contributed by atoms with Crippen LogP contribution in [-0.2, 0) is 9.53 Å². The first kappa shape index (κ1) is 22.5. The third kappa shape index (κ3) is 5.12. The zero-order chi connectivity index (χ0) is 22.4. The van der Waals surface area contributed by atoms with E-state index in [0.717, 1.165) is 11.3 Å². The van der Waals surface area contributed by atoms with Crippen LogP contribution in [0.2, 0.25) is 0 Å². The number of carbonyl (C=O) groups is 1. The lowest BCUT2D eigenvalue weighted by atomic mass is 10.1. The molecule has 1 N–H and O–H groups in total. The molecule has 0 bridgehead atoms. The lowest BCUT2D eigenvalue weighted by Crippen LogP contribution is -2.27. The van der Waals surface area contributed by atoms with Gasteiger partial charge in [-0.25, -0.2) is 10.1 Å². The van der Waals surface area contributed by atoms with Crippen LogP contribution in [0.5, 0.6) is 11.5 Å². The van der Waals surface area contributed by atoms with Crippen LogP contribution < -0.4 is 14.9 Å². The number of methoxy groups -OCH3 is 3. The van der Waals surface area contributed by atoms with Crippen molar-refractivity contribution < 1.29 is 19.0 Å². The summed E-state index contributed by atoms with van der Waals surface area (Å²) in [6.07, 6.45) is 2.74. The maximum absolute atomic E-state index is 12.7. The van der Waals surface area contributed by atoms with Gasteiger partial charge in [0.05, 0.1) is 25.6 Å². The smallest absolute Gasteiger partial charge is 0.273 e. The van der Waals surface area contributed by atoms with Gasteiger partial charge in [-0.3, -0.25) is 4.79 Å². The van der Waals surface area contributed by atoms with Gasteiger partial charge in [0.25, 0.3) is 5.91 Å². The number of ether oxygens (including phenoxy) is 3. The van der Waals surface area contributed by atoms with E-state index in [0.29, 0.717) is 27.2 Å². The number of aromatic nitrogens is 2. The Morgan fingerprint density at radius 2 is 1.77 bits per heavy atom. The summed E-state index contributed by atoms with van der Waals surface area (Å²) in [6.45, 7) is 1.78. The van der Waals surface area contributed by atoms with E-state index in [-0.39, 0.29) is 5.91 Å². The van der Waals surface area contributed by atoms with Crippen LogP contribution >= 0.6 is 15.9 Å². The summed E-state index contributed by atoms with van der Waals surface area (Å²) in [6, 6.07) is 12.8. The van der Waals surface area contributed by atoms with Crippen molar-refractivity contribution in [2.45, 2.75) is 13.0 Å². The average Bonchev–Trinajstić information content (AvgIpc) is 3.33. The van der Waals surface area contributed by atoms with Crippen molar-refractivity contribution in [2.24, 2.45) is 5.10 Å². The predicted octanol–water partition coefficient (Wildman–Crippen LogP) is 3.88. The molecule has 0 aliphatic heterocycles. The molecule has 1 aromatic heterocycles. The second-order valence-corrected chi connectivity index (χ2v) is 7.32. The highest BCUT2D eigenvalue weighted by atomic mass is 79.9. The van der Waals surface area contributed by atoms with Crippen molar-refractivity contribution in [1.82, 2.24) is 15.2 Å². The number of amides is 1. The number of benzene rings is 2. The van der Waals surface area contributed by atoms with Gasteiger partial charge in [0.2, 0.25) is 0 Å². The number of nitrogens with zero attached hydrogens (tertiary/aromatic N) is 3. The minimum atomic E-state index is -0.808. The van der Waals surface area contributed by atoms with E-state index >= 15 is 0 Å². The van der Waals surface area contributed by atoms with Gasteiger partial charge in [0.15, 0.2) is 6.10 Å². The lowest BCUT2D eigenvalue weighted by Gasteiger charge is -2.15. The molecule has 1 amide bonds. The molecule has 0 radical (unpaired) electrons. The fourth-order valence-corrected chi connectivity index (χ4v) is 3.51. The first-order chi connectivity index (χ1) is 15.0. The maximum atomic E-state index is 12.7. The molecule has 1 heterocycles. The Labute approximate surface area is 188 Å². The summed E-state index contributed by atoms with van der Waals surface area (Å²) in [5.74, 6) is 0.814. The van der Waals surface area contributed by atoms with Gasteiger partial charge < -0.3 is 14.2 Å². The molecule has 0 saturated carbocycles. The number of carbonyl (C=O) groups excluding carboxylic acids is 1. The summed E-state index contributed by atoms with van der Waals surface area (Å²) < 4.78 is 18.6. The Kier molecular flexibility index (Phi) is 7.43. The van der Waals surface area contributed by atoms with Crippen molar-refractivity contribution in [2.75, 3.05) is 21.3 Å². The van der Waals surface area contributed by atoms with Crippen molar-refractivity contribution in [3.05, 3.63) is 70.5 Å². The molecular weight excluding hydrogens is 464 g/mol. The van der Waals surface area contributed by atoms with Crippen LogP contribution in [0.15, 0.2) is 64.4 Å². The van der Waals surface area contributed by atoms with Crippen LogP contribution in [0.1, 0.15) is 24.2 Å². The quantitative estimate of drug-likeness (QED) is 0.385. The SMILES string of the molecule is COc1cc(/C(C)=N/NC(=O)C(OC)c2ccc(-n3cccn3)cc2)cc(OC)c1Br. The minimum Gasteiger partial charge on any atom is -0.495 e. The second kappa shape index (κ2) is 10.2. The fraction of sp³-hybridized carbons (Fsp3) is 0.227. The topological polar surface area (TPSA) is 87.0 Å². The number of hydrogen-bond donors (Lipinski definition) is 1. The first-order valence-electron chi connectivity index (χ1n) is 9.37. The van der Waals surface area contributed by atoms with E-state index < -0.39 is 6.10 Å². The highest BCUT2D eigenvalue weighted by Crippen LogP contribution is 2.35. The van der Waals surface area contributed by atoms with Gasteiger partial charge in [-0.05, 0) is 58.7 Å². The maximum Gasteiger partial charge on any atom is 0.273 e. The third-order valence-electron chi connectivity index (χ3n) is 4.64. The van der Waals surface area contributed by atoms with Crippen LogP contribution in [0.25, 0.3) is 5.69 Å². The van der Waals surface area contributed by atoms with Crippen LogP contribution in [0.4, 0.5) is 0 Å². The molecule has 2 aromatic carbocycles. The normalized spacial score (nSPS) is 12.4. The van der Waals surface area contributed by atoms with E-state index in [2.05, 4.69) is 31.6 Å². The highest BCUT2D eigenvalue weighted by molar-refractivity contribution is 9.10. The Morgan fingerprint density at radius 1 is 1.13 bits per heavy atom. The molecule has 0 saturated heterocycles. The number of rotatable bonds is 8. The molecule has 0 spiro atoms. The number of hydrogen-bond acceptors (Lipinski definition) is 6. The monoisotopic (exact) mass is 486 g/mol. The average molecular weight is 487 g/mol. The minimum absolute atomic E-state index is 0.385. The van der Waals surface area contributed by atoms with E-state index in [4.69, 9.17) is 14.2 Å². The third-order valence-corrected chi connectivity index (χ3v) is 5.42. The van der Waals surface area contributed by atoms with Crippen molar-refractivity contribution in [3.63, 3.8) is 0 Å². The summed E-state index contributed by atoms with van der Waals surface area (Å²) >= 11 is 3.44. The molecule has 0 aliphatic carbocycles. The van der Waals surface area contributed by atoms with Gasteiger partial charge >= 0.3 is 0 Å². The van der Waals surface area contributed by atoms with E-state index in [1.54, 1.807) is 44.2 Å². The Hall–Kier alpha value is -3.17. The summed E-state index contributed by atoms with van der Waals surface area (Å²) in [7, 11) is 4.61. The molecule has 1 atom stereocenters. The Morgan fingerprint density at radius 3 is 2.29 bits per heavy atom. The summed E-state index contributed by atoms with van der Waals surface area (Å²) in [5, 5.41) is 8.42. The van der Waals surface area contributed by atoms with Gasteiger partial charge in [-0.2, -0.15) is 10.2 Å². The molecular formula is C22H23BrN4O4. The van der Waals surface area contributed by atoms with Crippen molar-refractivity contribution in [3.8, 4) is 17.2 Å². The Balaban J connectivity index is 1.75. The number of halogens is 1. The van der Waals surface area contributed by atoms with Crippen molar-refractivity contribution >= 4 is 27.5 Å². The zero-order valence-corrected chi connectivity index (χ0v) is 19.2. The summed E-state index contributed by atoms with van der Waals surface area (Å²) in [4.78, 5) is 12.7. The molecule has 9 heteroatoms. The second-order valence-electron chi connectivity index (χ2n) is 6.53. The zero-order valence-electron chi connectivity index (χ0n) is 17.6. The van der Waals surface area contributed by atoms with E-state index in [1.807, 2.05) is 36.5 Å². The largest absolute Gasteiger partial charge is 0.495 e. The van der Waals surface area contributed by atoms with Crippen LogP contribution in [-0.4, -0.2) is 42.7 Å². The lowest BCUT2D eigenvalue weighted by molar-refractivity contribution is -0.131. The van der Waals surface area contributed by atoms with Crippen molar-refractivity contribution in [1.29, 1.82) is 0 Å². The van der Waals surface area contributed by atoms with Gasteiger partial charge in [-0.15, -0.1) is 0 Å². The highest BCUT2D eigenvalue weighted by Gasteiger charge is 2.20. The molecule has 0 fully saturated rings. The van der Waals surface area contributed by atoms with Gasteiger partial charge in [0.1, 0.15) is 16.0 Å². The van der Waals surface area contributed by atoms with E-state index in [9.17, 15) is 4.79 Å². The first-order valence-corrected chi connectivity index (χ1v) is 10.2. The standard InChI is InChI=1S/C22H23BrN4O4/c1-14(16-12-18(29-2)20(23)19(13-16)30-3)25-26-22(28)21(31-4)15-6-8-17(9-7-15)27-11-5-10-24-27/h5-13,21H,1-4H3,(H,26,28)/b25-14+. The van der Waals surface area contributed by atoms with Crippen LogP contribution in [0.3, 0.4) is 0 Å². The summed E-state index contributed by atoms with van der Waals surface area (Å²) in [5.41, 5.74) is 5.49. The Bertz CT molecular complexity index is 1040. The molecule has 8 nitrogen and oxygen atoms in total. The molecule has 0 aliphatic rings. The van der Waals surface area contributed by atoms with Crippen LogP contribution in [0, 0.1) is 0 Å². The molecule has 162 valence electrons. The number of hydrazone groups is 1. The van der Waals surface area contributed by atoms with Gasteiger partial charge in [0, 0.05) is 25.1 Å². The predicted molar refractivity (Wildman–Crippen MR) is 121 cm³/mol. The van der Waals surface area contributed by atoms with Gasteiger partial charge in [-0.1, -0.05) is 12.1 Å². The molecule has 31 heavy (non-hydrogen) atoms. The van der Waals surface area contributed by atoms with E-state index in [1.165, 1.54) is 7.11 Å². The fourth-order valence-electron chi connectivity index (χ4n) is 2.96. The molecule has 3 rings (SSSR count). The number of nitrogens with one attached hydrogen (secondary N) is 1.